The van der Waals surface area contributed by atoms with Gasteiger partial charge in [0.15, 0.2) is 0 Å². The second kappa shape index (κ2) is 8.53. The molecule has 2 aromatic carbocycles. The van der Waals surface area contributed by atoms with E-state index in [9.17, 15) is 14.0 Å². The van der Waals surface area contributed by atoms with Crippen molar-refractivity contribution in [3.05, 3.63) is 59.9 Å². The lowest BCUT2D eigenvalue weighted by Crippen LogP contribution is -2.50. The zero-order chi connectivity index (χ0) is 19.2. The normalized spacial score (nSPS) is 14.0. The second-order valence-electron chi connectivity index (χ2n) is 6.18. The SMILES string of the molecule is CCOC(=O)c1cccc(NC(=O)N2CCN(c3ccc(F)cc3)CC2)c1. The van der Waals surface area contributed by atoms with E-state index in [-0.39, 0.29) is 11.8 Å². The zero-order valence-electron chi connectivity index (χ0n) is 15.2. The van der Waals surface area contributed by atoms with E-state index in [2.05, 4.69) is 10.2 Å². The van der Waals surface area contributed by atoms with Crippen molar-refractivity contribution in [3.63, 3.8) is 0 Å². The molecule has 1 saturated heterocycles. The highest BCUT2D eigenvalue weighted by Gasteiger charge is 2.21. The van der Waals surface area contributed by atoms with Gasteiger partial charge in [-0.05, 0) is 49.4 Å². The molecule has 0 atom stereocenters. The third-order valence-corrected chi connectivity index (χ3v) is 4.38. The van der Waals surface area contributed by atoms with E-state index in [1.165, 1.54) is 12.1 Å². The summed E-state index contributed by atoms with van der Waals surface area (Å²) in [6, 6.07) is 12.8. The lowest BCUT2D eigenvalue weighted by Gasteiger charge is -2.36. The number of hydrogen-bond acceptors (Lipinski definition) is 4. The summed E-state index contributed by atoms with van der Waals surface area (Å²) in [6.45, 7) is 4.49. The lowest BCUT2D eigenvalue weighted by atomic mass is 10.2. The molecule has 1 fully saturated rings. The van der Waals surface area contributed by atoms with Crippen molar-refractivity contribution < 1.29 is 18.7 Å². The van der Waals surface area contributed by atoms with Crippen molar-refractivity contribution in [2.45, 2.75) is 6.92 Å². The number of amides is 2. The van der Waals surface area contributed by atoms with Crippen LogP contribution in [0.2, 0.25) is 0 Å². The van der Waals surface area contributed by atoms with E-state index in [0.29, 0.717) is 44.0 Å². The van der Waals surface area contributed by atoms with Crippen LogP contribution in [0.25, 0.3) is 0 Å². The molecule has 2 aromatic rings. The molecule has 142 valence electrons. The predicted octanol–water partition coefficient (Wildman–Crippen LogP) is 3.36. The van der Waals surface area contributed by atoms with E-state index in [4.69, 9.17) is 4.74 Å². The van der Waals surface area contributed by atoms with Crippen molar-refractivity contribution >= 4 is 23.4 Å². The summed E-state index contributed by atoms with van der Waals surface area (Å²) < 4.78 is 18.0. The lowest BCUT2D eigenvalue weighted by molar-refractivity contribution is 0.0526. The second-order valence-corrected chi connectivity index (χ2v) is 6.18. The summed E-state index contributed by atoms with van der Waals surface area (Å²) in [4.78, 5) is 28.1. The number of nitrogens with zero attached hydrogens (tertiary/aromatic N) is 2. The van der Waals surface area contributed by atoms with Crippen LogP contribution in [0.5, 0.6) is 0 Å². The fourth-order valence-electron chi connectivity index (χ4n) is 2.96. The van der Waals surface area contributed by atoms with Crippen LogP contribution in [0.4, 0.5) is 20.6 Å². The molecule has 1 heterocycles. The minimum Gasteiger partial charge on any atom is -0.462 e. The molecule has 0 radical (unpaired) electrons. The van der Waals surface area contributed by atoms with E-state index < -0.39 is 5.97 Å². The van der Waals surface area contributed by atoms with E-state index >= 15 is 0 Å². The molecule has 6 nitrogen and oxygen atoms in total. The molecular weight excluding hydrogens is 349 g/mol. The zero-order valence-corrected chi connectivity index (χ0v) is 15.2. The number of nitrogens with one attached hydrogen (secondary N) is 1. The molecule has 0 unspecified atom stereocenters. The molecule has 0 aliphatic carbocycles. The summed E-state index contributed by atoms with van der Waals surface area (Å²) in [5, 5.41) is 2.82. The highest BCUT2D eigenvalue weighted by atomic mass is 19.1. The Morgan fingerprint density at radius 3 is 2.44 bits per heavy atom. The Balaban J connectivity index is 1.56. The first-order valence-electron chi connectivity index (χ1n) is 8.90. The third-order valence-electron chi connectivity index (χ3n) is 4.38. The van der Waals surface area contributed by atoms with Crippen LogP contribution in [-0.4, -0.2) is 49.7 Å². The van der Waals surface area contributed by atoms with Crippen molar-refractivity contribution in [1.82, 2.24) is 4.90 Å². The maximum atomic E-state index is 13.0. The number of esters is 1. The topological polar surface area (TPSA) is 61.9 Å². The van der Waals surface area contributed by atoms with Gasteiger partial charge in [-0.25, -0.2) is 14.0 Å². The number of anilines is 2. The Labute approximate surface area is 157 Å². The Kier molecular flexibility index (Phi) is 5.90. The van der Waals surface area contributed by atoms with Gasteiger partial charge in [0.1, 0.15) is 5.82 Å². The first-order chi connectivity index (χ1) is 13.1. The maximum Gasteiger partial charge on any atom is 0.338 e. The minimum absolute atomic E-state index is 0.213. The van der Waals surface area contributed by atoms with Gasteiger partial charge >= 0.3 is 12.0 Å². The Bertz CT molecular complexity index is 802. The number of hydrogen-bond donors (Lipinski definition) is 1. The van der Waals surface area contributed by atoms with Crippen LogP contribution in [-0.2, 0) is 4.74 Å². The molecule has 7 heteroatoms. The largest absolute Gasteiger partial charge is 0.462 e. The van der Waals surface area contributed by atoms with Gasteiger partial charge in [0, 0.05) is 37.6 Å². The molecule has 3 rings (SSSR count). The third kappa shape index (κ3) is 4.75. The summed E-state index contributed by atoms with van der Waals surface area (Å²) in [5.74, 6) is -0.677. The van der Waals surface area contributed by atoms with E-state index in [0.717, 1.165) is 5.69 Å². The predicted molar refractivity (Wildman–Crippen MR) is 102 cm³/mol. The number of ether oxygens (including phenoxy) is 1. The van der Waals surface area contributed by atoms with Gasteiger partial charge < -0.3 is 19.9 Å². The fourth-order valence-corrected chi connectivity index (χ4v) is 2.96. The Morgan fingerprint density at radius 1 is 1.07 bits per heavy atom. The monoisotopic (exact) mass is 371 g/mol. The van der Waals surface area contributed by atoms with Crippen molar-refractivity contribution in [3.8, 4) is 0 Å². The number of rotatable bonds is 4. The molecule has 27 heavy (non-hydrogen) atoms. The summed E-state index contributed by atoms with van der Waals surface area (Å²) in [5.41, 5.74) is 1.89. The summed E-state index contributed by atoms with van der Waals surface area (Å²) in [7, 11) is 0. The van der Waals surface area contributed by atoms with Gasteiger partial charge in [-0.1, -0.05) is 6.07 Å². The molecule has 1 aliphatic heterocycles. The summed E-state index contributed by atoms with van der Waals surface area (Å²) in [6.07, 6.45) is 0. The standard InChI is InChI=1S/C20H22FN3O3/c1-2-27-19(25)15-4-3-5-17(14-15)22-20(26)24-12-10-23(11-13-24)18-8-6-16(21)7-9-18/h3-9,14H,2,10-13H2,1H3,(H,22,26). The fraction of sp³-hybridized carbons (Fsp3) is 0.300. The number of halogens is 1. The smallest absolute Gasteiger partial charge is 0.338 e. The number of benzene rings is 2. The van der Waals surface area contributed by atoms with Gasteiger partial charge in [-0.3, -0.25) is 0 Å². The van der Waals surface area contributed by atoms with Crippen LogP contribution < -0.4 is 10.2 Å². The average molecular weight is 371 g/mol. The number of carbonyl (C=O) groups is 2. The van der Waals surface area contributed by atoms with E-state index in [1.807, 2.05) is 0 Å². The van der Waals surface area contributed by atoms with Crippen molar-refractivity contribution in [2.75, 3.05) is 43.0 Å². The number of urea groups is 1. The quantitative estimate of drug-likeness (QED) is 0.838. The average Bonchev–Trinajstić information content (AvgIpc) is 2.69. The van der Waals surface area contributed by atoms with Gasteiger partial charge in [-0.15, -0.1) is 0 Å². The van der Waals surface area contributed by atoms with Crippen LogP contribution in [0.15, 0.2) is 48.5 Å². The minimum atomic E-state index is -0.415. The van der Waals surface area contributed by atoms with Gasteiger partial charge in [0.25, 0.3) is 0 Å². The molecule has 0 saturated carbocycles. The molecule has 0 bridgehead atoms. The van der Waals surface area contributed by atoms with Crippen LogP contribution >= 0.6 is 0 Å². The highest BCUT2D eigenvalue weighted by Crippen LogP contribution is 2.18. The molecule has 1 aliphatic rings. The van der Waals surface area contributed by atoms with Crippen molar-refractivity contribution in [2.24, 2.45) is 0 Å². The first kappa shape index (κ1) is 18.7. The van der Waals surface area contributed by atoms with Crippen LogP contribution in [0.3, 0.4) is 0 Å². The van der Waals surface area contributed by atoms with Crippen LogP contribution in [0, 0.1) is 5.82 Å². The van der Waals surface area contributed by atoms with Crippen LogP contribution in [0.1, 0.15) is 17.3 Å². The van der Waals surface area contributed by atoms with Gasteiger partial charge in [0.05, 0.1) is 12.2 Å². The Morgan fingerprint density at radius 2 is 1.78 bits per heavy atom. The number of carbonyl (C=O) groups excluding carboxylic acids is 2. The molecule has 0 spiro atoms. The molecule has 0 aromatic heterocycles. The van der Waals surface area contributed by atoms with E-state index in [1.54, 1.807) is 48.2 Å². The van der Waals surface area contributed by atoms with Gasteiger partial charge in [0.2, 0.25) is 0 Å². The highest BCUT2D eigenvalue weighted by molar-refractivity contribution is 5.94. The number of piperazine rings is 1. The molecule has 1 N–H and O–H groups in total. The Hall–Kier alpha value is -3.09. The molecule has 2 amide bonds. The maximum absolute atomic E-state index is 13.0. The summed E-state index contributed by atoms with van der Waals surface area (Å²) >= 11 is 0. The van der Waals surface area contributed by atoms with Gasteiger partial charge in [-0.2, -0.15) is 0 Å². The van der Waals surface area contributed by atoms with Crippen molar-refractivity contribution in [1.29, 1.82) is 0 Å². The first-order valence-corrected chi connectivity index (χ1v) is 8.90. The molecular formula is C20H22FN3O3.